The maximum Gasteiger partial charge on any atom is 0.252 e. The van der Waals surface area contributed by atoms with Gasteiger partial charge in [-0.05, 0) is 48.6 Å². The third-order valence-electron chi connectivity index (χ3n) is 4.33. The SMILES string of the molecule is C=CCOc1ccc(NC(=O)[C@H]2CCCN(S(=O)(=O)c3cccs3)C2)cc1. The first-order chi connectivity index (χ1) is 13.0. The predicted molar refractivity (Wildman–Crippen MR) is 107 cm³/mol. The van der Waals surface area contributed by atoms with Crippen LogP contribution < -0.4 is 10.1 Å². The number of anilines is 1. The van der Waals surface area contributed by atoms with Gasteiger partial charge in [-0.25, -0.2) is 8.42 Å². The molecule has 1 aromatic carbocycles. The summed E-state index contributed by atoms with van der Waals surface area (Å²) in [5.74, 6) is 0.157. The number of nitrogens with zero attached hydrogens (tertiary/aromatic N) is 1. The molecule has 1 aromatic heterocycles. The van der Waals surface area contributed by atoms with E-state index in [1.807, 2.05) is 0 Å². The maximum atomic E-state index is 12.7. The summed E-state index contributed by atoms with van der Waals surface area (Å²) < 4.78 is 32.5. The number of benzene rings is 1. The number of ether oxygens (including phenoxy) is 1. The van der Waals surface area contributed by atoms with Crippen LogP contribution in [0.1, 0.15) is 12.8 Å². The first-order valence-electron chi connectivity index (χ1n) is 8.69. The normalized spacial score (nSPS) is 18.0. The number of piperidine rings is 1. The summed E-state index contributed by atoms with van der Waals surface area (Å²) in [6.45, 7) is 4.66. The average Bonchev–Trinajstić information content (AvgIpc) is 3.23. The molecule has 2 heterocycles. The Kier molecular flexibility index (Phi) is 6.30. The Bertz CT molecular complexity index is 877. The van der Waals surface area contributed by atoms with Crippen molar-refractivity contribution in [2.24, 2.45) is 5.92 Å². The van der Waals surface area contributed by atoms with Gasteiger partial charge in [-0.3, -0.25) is 4.79 Å². The fourth-order valence-electron chi connectivity index (χ4n) is 2.95. The van der Waals surface area contributed by atoms with Crippen molar-refractivity contribution < 1.29 is 17.9 Å². The molecule has 0 saturated carbocycles. The third-order valence-corrected chi connectivity index (χ3v) is 7.57. The van der Waals surface area contributed by atoms with Crippen LogP contribution in [0.25, 0.3) is 0 Å². The van der Waals surface area contributed by atoms with E-state index in [9.17, 15) is 13.2 Å². The molecule has 1 aliphatic heterocycles. The summed E-state index contributed by atoms with van der Waals surface area (Å²) in [6.07, 6.45) is 2.99. The van der Waals surface area contributed by atoms with Gasteiger partial charge in [-0.15, -0.1) is 11.3 Å². The van der Waals surface area contributed by atoms with Crippen molar-refractivity contribution in [2.45, 2.75) is 17.1 Å². The highest BCUT2D eigenvalue weighted by Crippen LogP contribution is 2.27. The van der Waals surface area contributed by atoms with E-state index in [2.05, 4.69) is 11.9 Å². The fraction of sp³-hybridized carbons (Fsp3) is 0.316. The first-order valence-corrected chi connectivity index (χ1v) is 11.0. The van der Waals surface area contributed by atoms with Crippen molar-refractivity contribution in [3.63, 3.8) is 0 Å². The van der Waals surface area contributed by atoms with E-state index in [4.69, 9.17) is 4.74 Å². The van der Waals surface area contributed by atoms with Crippen molar-refractivity contribution in [1.29, 1.82) is 0 Å². The van der Waals surface area contributed by atoms with Gasteiger partial charge >= 0.3 is 0 Å². The molecular weight excluding hydrogens is 384 g/mol. The van der Waals surface area contributed by atoms with Crippen LogP contribution in [-0.2, 0) is 14.8 Å². The molecule has 0 radical (unpaired) electrons. The minimum atomic E-state index is -3.53. The summed E-state index contributed by atoms with van der Waals surface area (Å²) >= 11 is 1.19. The lowest BCUT2D eigenvalue weighted by Crippen LogP contribution is -2.43. The monoisotopic (exact) mass is 406 g/mol. The van der Waals surface area contributed by atoms with Crippen LogP contribution in [0.5, 0.6) is 5.75 Å². The number of nitrogens with one attached hydrogen (secondary N) is 1. The van der Waals surface area contributed by atoms with E-state index < -0.39 is 10.0 Å². The average molecular weight is 407 g/mol. The van der Waals surface area contributed by atoms with Gasteiger partial charge in [0.1, 0.15) is 16.6 Å². The summed E-state index contributed by atoms with van der Waals surface area (Å²) in [6, 6.07) is 10.4. The number of rotatable bonds is 7. The summed E-state index contributed by atoms with van der Waals surface area (Å²) in [7, 11) is -3.53. The summed E-state index contributed by atoms with van der Waals surface area (Å²) in [5.41, 5.74) is 0.657. The Hall–Kier alpha value is -2.16. The quantitative estimate of drug-likeness (QED) is 0.716. The van der Waals surface area contributed by atoms with Gasteiger partial charge in [0.15, 0.2) is 0 Å². The van der Waals surface area contributed by atoms with Crippen LogP contribution in [-0.4, -0.2) is 38.3 Å². The molecule has 1 amide bonds. The first kappa shape index (κ1) is 19.6. The molecule has 1 N–H and O–H groups in total. The predicted octanol–water partition coefficient (Wildman–Crippen LogP) is 3.35. The van der Waals surface area contributed by atoms with E-state index in [-0.39, 0.29) is 18.4 Å². The van der Waals surface area contributed by atoms with Crippen molar-refractivity contribution in [2.75, 3.05) is 25.0 Å². The molecule has 0 bridgehead atoms. The number of carbonyl (C=O) groups excluding carboxylic acids is 1. The Morgan fingerprint density at radius 3 is 2.78 bits per heavy atom. The minimum absolute atomic E-state index is 0.166. The molecule has 1 saturated heterocycles. The van der Waals surface area contributed by atoms with Crippen LogP contribution in [0.2, 0.25) is 0 Å². The highest BCUT2D eigenvalue weighted by Gasteiger charge is 2.33. The molecule has 0 spiro atoms. The third kappa shape index (κ3) is 4.77. The maximum absolute atomic E-state index is 12.7. The van der Waals surface area contributed by atoms with Crippen LogP contribution in [0, 0.1) is 5.92 Å². The zero-order valence-corrected chi connectivity index (χ0v) is 16.5. The van der Waals surface area contributed by atoms with Crippen molar-refractivity contribution in [1.82, 2.24) is 4.31 Å². The molecule has 0 aliphatic carbocycles. The molecule has 144 valence electrons. The minimum Gasteiger partial charge on any atom is -0.490 e. The van der Waals surface area contributed by atoms with Gasteiger partial charge in [0, 0.05) is 18.8 Å². The second-order valence-corrected chi connectivity index (χ2v) is 9.36. The van der Waals surface area contributed by atoms with Gasteiger partial charge in [-0.1, -0.05) is 18.7 Å². The lowest BCUT2D eigenvalue weighted by molar-refractivity contribution is -0.120. The molecule has 1 atom stereocenters. The standard InChI is InChI=1S/C19H22N2O4S2/c1-2-12-25-17-9-7-16(8-10-17)20-19(22)15-5-3-11-21(14-15)27(23,24)18-6-4-13-26-18/h2,4,6-10,13,15H,1,3,5,11-12,14H2,(H,20,22)/t15-/m0/s1. The molecule has 3 rings (SSSR count). The Morgan fingerprint density at radius 2 is 2.11 bits per heavy atom. The van der Waals surface area contributed by atoms with E-state index in [0.29, 0.717) is 41.6 Å². The number of amides is 1. The molecule has 8 heteroatoms. The topological polar surface area (TPSA) is 75.7 Å². The van der Waals surface area contributed by atoms with Crippen molar-refractivity contribution in [3.8, 4) is 5.75 Å². The highest BCUT2D eigenvalue weighted by atomic mass is 32.2. The van der Waals surface area contributed by atoms with Crippen LogP contribution in [0.3, 0.4) is 0 Å². The molecule has 1 aliphatic rings. The molecule has 6 nitrogen and oxygen atoms in total. The molecule has 1 fully saturated rings. The van der Waals surface area contributed by atoms with Gasteiger partial charge < -0.3 is 10.1 Å². The van der Waals surface area contributed by atoms with Gasteiger partial charge in [0.05, 0.1) is 5.92 Å². The Balaban J connectivity index is 1.62. The van der Waals surface area contributed by atoms with Crippen molar-refractivity contribution >= 4 is 33.0 Å². The van der Waals surface area contributed by atoms with Crippen LogP contribution in [0.4, 0.5) is 5.69 Å². The Labute approximate surface area is 163 Å². The van der Waals surface area contributed by atoms with Crippen molar-refractivity contribution in [3.05, 3.63) is 54.4 Å². The smallest absolute Gasteiger partial charge is 0.252 e. The summed E-state index contributed by atoms with van der Waals surface area (Å²) in [4.78, 5) is 12.6. The fourth-order valence-corrected chi connectivity index (χ4v) is 5.61. The molecule has 2 aromatic rings. The van der Waals surface area contributed by atoms with E-state index >= 15 is 0 Å². The van der Waals surface area contributed by atoms with E-state index in [1.54, 1.807) is 47.9 Å². The Morgan fingerprint density at radius 1 is 1.33 bits per heavy atom. The lowest BCUT2D eigenvalue weighted by atomic mass is 9.99. The second kappa shape index (κ2) is 8.69. The highest BCUT2D eigenvalue weighted by molar-refractivity contribution is 7.91. The zero-order valence-electron chi connectivity index (χ0n) is 14.8. The van der Waals surface area contributed by atoms with Gasteiger partial charge in [0.25, 0.3) is 10.0 Å². The molecular formula is C19H22N2O4S2. The molecule has 27 heavy (non-hydrogen) atoms. The number of hydrogen-bond acceptors (Lipinski definition) is 5. The zero-order chi connectivity index (χ0) is 19.3. The number of thiophene rings is 1. The largest absolute Gasteiger partial charge is 0.490 e. The van der Waals surface area contributed by atoms with E-state index in [0.717, 1.165) is 0 Å². The second-order valence-electron chi connectivity index (χ2n) is 6.25. The van der Waals surface area contributed by atoms with Gasteiger partial charge in [0.2, 0.25) is 5.91 Å². The number of hydrogen-bond donors (Lipinski definition) is 1. The van der Waals surface area contributed by atoms with E-state index in [1.165, 1.54) is 15.6 Å². The lowest BCUT2D eigenvalue weighted by Gasteiger charge is -2.30. The molecule has 0 unspecified atom stereocenters. The number of carbonyl (C=O) groups is 1. The summed E-state index contributed by atoms with van der Waals surface area (Å²) in [5, 5.41) is 4.61. The van der Waals surface area contributed by atoms with Crippen LogP contribution >= 0.6 is 11.3 Å². The number of sulfonamides is 1. The van der Waals surface area contributed by atoms with Gasteiger partial charge in [-0.2, -0.15) is 4.31 Å². The van der Waals surface area contributed by atoms with Crippen LogP contribution in [0.15, 0.2) is 58.6 Å².